The van der Waals surface area contributed by atoms with Crippen LogP contribution in [0, 0.1) is 19.7 Å². The summed E-state index contributed by atoms with van der Waals surface area (Å²) in [5.41, 5.74) is 1.91. The van der Waals surface area contributed by atoms with Crippen molar-refractivity contribution in [2.75, 3.05) is 38.3 Å². The van der Waals surface area contributed by atoms with E-state index in [1.54, 1.807) is 13.0 Å². The number of ether oxygens (including phenoxy) is 2. The third-order valence-corrected chi connectivity index (χ3v) is 6.43. The van der Waals surface area contributed by atoms with Gasteiger partial charge in [-0.2, -0.15) is 4.98 Å². The van der Waals surface area contributed by atoms with Gasteiger partial charge >= 0.3 is 0 Å². The minimum Gasteiger partial charge on any atom is -0.497 e. The molecule has 5 rings (SSSR count). The van der Waals surface area contributed by atoms with E-state index in [9.17, 15) is 4.39 Å². The van der Waals surface area contributed by atoms with Crippen molar-refractivity contribution >= 4 is 16.7 Å². The van der Waals surface area contributed by atoms with Gasteiger partial charge in [0.25, 0.3) is 5.89 Å². The highest BCUT2D eigenvalue weighted by Crippen LogP contribution is 2.38. The average molecular weight is 444 g/mol. The standard InChI is InChI=1S/C23H28FN5O3.H2/c1-13-18-10-17(30-3)11-19(24)21(18)27-22(20(13)23-25-14(2)28-32-23)29-7-4-15(5-8-29)26-16-6-9-31-12-16;/h10-11,15-16,26H,4-9,12H2,1-3H3;1H/t16-;/m1./s1. The van der Waals surface area contributed by atoms with E-state index in [1.807, 2.05) is 6.92 Å². The van der Waals surface area contributed by atoms with Gasteiger partial charge in [-0.25, -0.2) is 9.37 Å². The molecule has 8 nitrogen and oxygen atoms in total. The molecular formula is C23H30FN5O3. The Morgan fingerprint density at radius 3 is 2.62 bits per heavy atom. The minimum absolute atomic E-state index is 0. The molecule has 1 aromatic carbocycles. The molecule has 2 fully saturated rings. The summed E-state index contributed by atoms with van der Waals surface area (Å²) >= 11 is 0. The first kappa shape index (κ1) is 21.1. The predicted molar refractivity (Wildman–Crippen MR) is 121 cm³/mol. The van der Waals surface area contributed by atoms with Crippen LogP contribution < -0.4 is 15.0 Å². The number of benzene rings is 1. The first-order valence-electron chi connectivity index (χ1n) is 11.1. The molecule has 0 radical (unpaired) electrons. The summed E-state index contributed by atoms with van der Waals surface area (Å²) in [5, 5.41) is 8.36. The predicted octanol–water partition coefficient (Wildman–Crippen LogP) is 3.64. The van der Waals surface area contributed by atoms with Crippen LogP contribution in [-0.2, 0) is 4.74 Å². The molecule has 2 aliphatic heterocycles. The number of fused-ring (bicyclic) bond motifs is 1. The van der Waals surface area contributed by atoms with Crippen molar-refractivity contribution in [3.8, 4) is 17.2 Å². The minimum atomic E-state index is -0.408. The zero-order valence-electron chi connectivity index (χ0n) is 18.7. The Morgan fingerprint density at radius 2 is 1.97 bits per heavy atom. The Hall–Kier alpha value is -2.78. The van der Waals surface area contributed by atoms with E-state index >= 15 is 0 Å². The Morgan fingerprint density at radius 1 is 1.16 bits per heavy atom. The van der Waals surface area contributed by atoms with Gasteiger partial charge in [-0.15, -0.1) is 0 Å². The van der Waals surface area contributed by atoms with Crippen LogP contribution >= 0.6 is 0 Å². The number of rotatable bonds is 5. The summed E-state index contributed by atoms with van der Waals surface area (Å²) in [6.45, 7) is 6.95. The van der Waals surface area contributed by atoms with E-state index in [0.29, 0.717) is 46.3 Å². The fourth-order valence-electron chi connectivity index (χ4n) is 4.70. The lowest BCUT2D eigenvalue weighted by molar-refractivity contribution is 0.186. The number of hydrogen-bond acceptors (Lipinski definition) is 8. The van der Waals surface area contributed by atoms with Crippen molar-refractivity contribution in [3.63, 3.8) is 0 Å². The summed E-state index contributed by atoms with van der Waals surface area (Å²) in [6, 6.07) is 4.05. The van der Waals surface area contributed by atoms with E-state index in [0.717, 1.165) is 56.7 Å². The Labute approximate surface area is 187 Å². The number of methoxy groups -OCH3 is 1. The van der Waals surface area contributed by atoms with E-state index in [-0.39, 0.29) is 1.43 Å². The number of hydrogen-bond donors (Lipinski definition) is 1. The lowest BCUT2D eigenvalue weighted by Crippen LogP contribution is -2.46. The largest absolute Gasteiger partial charge is 0.497 e. The highest BCUT2D eigenvalue weighted by atomic mass is 19.1. The molecule has 9 heteroatoms. The zero-order valence-corrected chi connectivity index (χ0v) is 18.7. The molecule has 2 aromatic heterocycles. The SMILES string of the molecule is COc1cc(F)c2nc(N3CCC(N[C@@H]4CCOC4)CC3)c(-c3nc(C)no3)c(C)c2c1.[HH]. The molecule has 4 heterocycles. The van der Waals surface area contributed by atoms with Gasteiger partial charge in [0.05, 0.1) is 19.3 Å². The van der Waals surface area contributed by atoms with Crippen molar-refractivity contribution in [1.29, 1.82) is 0 Å². The third-order valence-electron chi connectivity index (χ3n) is 6.43. The van der Waals surface area contributed by atoms with Crippen LogP contribution in [0.25, 0.3) is 22.4 Å². The maximum absolute atomic E-state index is 15.0. The number of halogens is 1. The first-order valence-corrected chi connectivity index (χ1v) is 11.1. The highest BCUT2D eigenvalue weighted by Gasteiger charge is 2.29. The van der Waals surface area contributed by atoms with Crippen molar-refractivity contribution in [2.24, 2.45) is 0 Å². The van der Waals surface area contributed by atoms with Crippen molar-refractivity contribution < 1.29 is 19.8 Å². The topological polar surface area (TPSA) is 85.5 Å². The lowest BCUT2D eigenvalue weighted by atomic mass is 9.99. The van der Waals surface area contributed by atoms with Crippen molar-refractivity contribution in [3.05, 3.63) is 29.3 Å². The molecule has 0 spiro atoms. The quantitative estimate of drug-likeness (QED) is 0.640. The van der Waals surface area contributed by atoms with Gasteiger partial charge in [0.15, 0.2) is 11.6 Å². The Kier molecular flexibility index (Phi) is 5.69. The second-order valence-corrected chi connectivity index (χ2v) is 8.58. The Balaban J connectivity index is 0.00000259. The molecule has 3 aromatic rings. The molecule has 2 saturated heterocycles. The van der Waals surface area contributed by atoms with Crippen LogP contribution in [0.5, 0.6) is 5.75 Å². The second-order valence-electron chi connectivity index (χ2n) is 8.58. The third kappa shape index (κ3) is 3.91. The number of nitrogens with one attached hydrogen (secondary N) is 1. The maximum atomic E-state index is 15.0. The van der Waals surface area contributed by atoms with Crippen molar-refractivity contribution in [1.82, 2.24) is 20.4 Å². The van der Waals surface area contributed by atoms with Gasteiger partial charge in [-0.3, -0.25) is 0 Å². The summed E-state index contributed by atoms with van der Waals surface area (Å²) in [7, 11) is 1.52. The molecule has 0 unspecified atom stereocenters. The number of aryl methyl sites for hydroxylation is 2. The Bertz CT molecular complexity index is 1130. The normalized spacial score (nSPS) is 19.8. The zero-order chi connectivity index (χ0) is 22.2. The van der Waals surface area contributed by atoms with Gasteiger partial charge in [0.1, 0.15) is 17.1 Å². The number of anilines is 1. The van der Waals surface area contributed by atoms with Crippen molar-refractivity contribution in [2.45, 2.75) is 45.2 Å². The molecule has 0 amide bonds. The molecule has 32 heavy (non-hydrogen) atoms. The van der Waals surface area contributed by atoms with E-state index in [2.05, 4.69) is 20.4 Å². The van der Waals surface area contributed by atoms with Crippen LogP contribution in [0.2, 0.25) is 0 Å². The van der Waals surface area contributed by atoms with Gasteiger partial charge in [-0.1, -0.05) is 5.16 Å². The molecule has 1 atom stereocenters. The fraction of sp³-hybridized carbons (Fsp3) is 0.522. The van der Waals surface area contributed by atoms with Gasteiger partial charge in [0, 0.05) is 44.7 Å². The molecule has 2 aliphatic rings. The molecular weight excluding hydrogens is 413 g/mol. The van der Waals surface area contributed by atoms with Crippen LogP contribution in [0.4, 0.5) is 10.2 Å². The van der Waals surface area contributed by atoms with Crippen LogP contribution in [0.1, 0.15) is 32.1 Å². The molecule has 172 valence electrons. The van der Waals surface area contributed by atoms with E-state index in [4.69, 9.17) is 19.0 Å². The summed E-state index contributed by atoms with van der Waals surface area (Å²) in [6.07, 6.45) is 3.01. The number of pyridine rings is 1. The van der Waals surface area contributed by atoms with Gasteiger partial charge in [0.2, 0.25) is 0 Å². The van der Waals surface area contributed by atoms with Gasteiger partial charge < -0.3 is 24.2 Å². The number of nitrogens with zero attached hydrogens (tertiary/aromatic N) is 4. The molecule has 0 bridgehead atoms. The fourth-order valence-corrected chi connectivity index (χ4v) is 4.70. The monoisotopic (exact) mass is 443 g/mol. The average Bonchev–Trinajstić information content (AvgIpc) is 3.46. The van der Waals surface area contributed by atoms with E-state index in [1.165, 1.54) is 13.2 Å². The summed E-state index contributed by atoms with van der Waals surface area (Å²) in [4.78, 5) is 11.4. The first-order chi connectivity index (χ1) is 15.5. The summed E-state index contributed by atoms with van der Waals surface area (Å²) in [5.74, 6) is 1.67. The molecule has 0 saturated carbocycles. The maximum Gasteiger partial charge on any atom is 0.261 e. The van der Waals surface area contributed by atoms with Gasteiger partial charge in [-0.05, 0) is 44.7 Å². The molecule has 0 aliphatic carbocycles. The highest BCUT2D eigenvalue weighted by molar-refractivity contribution is 5.93. The van der Waals surface area contributed by atoms with E-state index < -0.39 is 5.82 Å². The lowest BCUT2D eigenvalue weighted by Gasteiger charge is -2.35. The van der Waals surface area contributed by atoms with Crippen LogP contribution in [-0.4, -0.2) is 60.6 Å². The van der Waals surface area contributed by atoms with Crippen LogP contribution in [0.3, 0.4) is 0 Å². The number of piperidine rings is 1. The summed E-state index contributed by atoms with van der Waals surface area (Å²) < 4.78 is 31.2. The van der Waals surface area contributed by atoms with Crippen LogP contribution in [0.15, 0.2) is 16.7 Å². The number of aromatic nitrogens is 3. The molecule has 1 N–H and O–H groups in total. The second kappa shape index (κ2) is 8.63. The smallest absolute Gasteiger partial charge is 0.261 e.